The molecule has 1 aromatic heterocycles. The van der Waals surface area contributed by atoms with E-state index in [1.54, 1.807) is 0 Å². The van der Waals surface area contributed by atoms with Crippen LogP contribution in [0.4, 0.5) is 8.78 Å². The molecule has 74 valence electrons. The molecule has 0 aliphatic heterocycles. The molecule has 1 heterocycles. The van der Waals surface area contributed by atoms with E-state index in [1.807, 2.05) is 0 Å². The molecule has 0 unspecified atom stereocenters. The highest BCUT2D eigenvalue weighted by Crippen LogP contribution is 2.32. The molecule has 3 N–H and O–H groups in total. The maximum absolute atomic E-state index is 12.4. The zero-order valence-electron chi connectivity index (χ0n) is 7.04. The highest BCUT2D eigenvalue weighted by Gasteiger charge is 2.21. The van der Waals surface area contributed by atoms with Crippen LogP contribution >= 0.6 is 0 Å². The standard InChI is InChI=1S/C8H7F2N3O/c9-8(10)6-4(1-11)3-13-5(2-12)7(6)14/h3,8,14H,2,12H2. The second-order valence-electron chi connectivity index (χ2n) is 2.50. The Morgan fingerprint density at radius 1 is 1.64 bits per heavy atom. The van der Waals surface area contributed by atoms with Gasteiger partial charge in [0.2, 0.25) is 0 Å². The van der Waals surface area contributed by atoms with E-state index in [0.29, 0.717) is 0 Å². The second-order valence-corrected chi connectivity index (χ2v) is 2.50. The summed E-state index contributed by atoms with van der Waals surface area (Å²) in [5.41, 5.74) is 4.07. The van der Waals surface area contributed by atoms with Crippen molar-refractivity contribution in [3.8, 4) is 11.8 Å². The van der Waals surface area contributed by atoms with E-state index in [4.69, 9.17) is 11.0 Å². The smallest absolute Gasteiger partial charge is 0.268 e. The lowest BCUT2D eigenvalue weighted by molar-refractivity contribution is 0.146. The lowest BCUT2D eigenvalue weighted by Gasteiger charge is -2.08. The van der Waals surface area contributed by atoms with Gasteiger partial charge >= 0.3 is 0 Å². The molecule has 0 spiro atoms. The van der Waals surface area contributed by atoms with Crippen LogP contribution in [0.15, 0.2) is 6.20 Å². The Labute approximate surface area is 78.6 Å². The third kappa shape index (κ3) is 1.63. The zero-order valence-corrected chi connectivity index (χ0v) is 7.04. The van der Waals surface area contributed by atoms with Crippen molar-refractivity contribution in [2.24, 2.45) is 5.73 Å². The van der Waals surface area contributed by atoms with Crippen molar-refractivity contribution in [1.29, 1.82) is 5.26 Å². The van der Waals surface area contributed by atoms with Crippen molar-refractivity contribution < 1.29 is 13.9 Å². The molecule has 1 aromatic rings. The Bertz CT molecular complexity index is 387. The second kappa shape index (κ2) is 3.98. The Kier molecular flexibility index (Phi) is 2.94. The fourth-order valence-corrected chi connectivity index (χ4v) is 1.02. The van der Waals surface area contributed by atoms with Gasteiger partial charge in [0.25, 0.3) is 6.43 Å². The lowest BCUT2D eigenvalue weighted by atomic mass is 10.1. The van der Waals surface area contributed by atoms with Crippen molar-refractivity contribution in [3.05, 3.63) is 23.0 Å². The summed E-state index contributed by atoms with van der Waals surface area (Å²) in [5.74, 6) is -0.693. The summed E-state index contributed by atoms with van der Waals surface area (Å²) in [6.45, 7) is -0.155. The number of aromatic hydroxyl groups is 1. The third-order valence-electron chi connectivity index (χ3n) is 1.70. The Balaban J connectivity index is 3.41. The summed E-state index contributed by atoms with van der Waals surface area (Å²) in [5, 5.41) is 17.8. The van der Waals surface area contributed by atoms with E-state index < -0.39 is 17.7 Å². The molecule has 1 rings (SSSR count). The Morgan fingerprint density at radius 3 is 2.71 bits per heavy atom. The van der Waals surface area contributed by atoms with Gasteiger partial charge in [-0.15, -0.1) is 0 Å². The van der Waals surface area contributed by atoms with E-state index >= 15 is 0 Å². The Morgan fingerprint density at radius 2 is 2.29 bits per heavy atom. The van der Waals surface area contributed by atoms with Crippen molar-refractivity contribution in [3.63, 3.8) is 0 Å². The lowest BCUT2D eigenvalue weighted by Crippen LogP contribution is -2.04. The first-order valence-corrected chi connectivity index (χ1v) is 3.70. The molecule has 0 atom stereocenters. The van der Waals surface area contributed by atoms with Crippen molar-refractivity contribution in [2.45, 2.75) is 13.0 Å². The normalized spacial score (nSPS) is 10.2. The molecule has 6 heteroatoms. The van der Waals surface area contributed by atoms with Gasteiger partial charge in [-0.3, -0.25) is 4.98 Å². The van der Waals surface area contributed by atoms with Crippen LogP contribution in [0.2, 0.25) is 0 Å². The van der Waals surface area contributed by atoms with Crippen molar-refractivity contribution >= 4 is 0 Å². The van der Waals surface area contributed by atoms with Gasteiger partial charge < -0.3 is 10.8 Å². The molecule has 0 aliphatic carbocycles. The summed E-state index contributed by atoms with van der Waals surface area (Å²) in [6.07, 6.45) is -1.94. The van der Waals surface area contributed by atoms with Crippen LogP contribution in [0.3, 0.4) is 0 Å². The van der Waals surface area contributed by atoms with E-state index in [-0.39, 0.29) is 17.8 Å². The molecule has 0 aromatic carbocycles. The number of pyridine rings is 1. The first kappa shape index (κ1) is 10.3. The minimum absolute atomic E-state index is 0.0423. The van der Waals surface area contributed by atoms with Gasteiger partial charge in [-0.05, 0) is 0 Å². The van der Waals surface area contributed by atoms with Gasteiger partial charge in [-0.1, -0.05) is 0 Å². The molecule has 0 bridgehead atoms. The van der Waals surface area contributed by atoms with Crippen LogP contribution in [-0.4, -0.2) is 10.1 Å². The van der Waals surface area contributed by atoms with Gasteiger partial charge in [-0.2, -0.15) is 5.26 Å². The van der Waals surface area contributed by atoms with Crippen LogP contribution in [-0.2, 0) is 6.54 Å². The van der Waals surface area contributed by atoms with Gasteiger partial charge in [0.05, 0.1) is 16.8 Å². The predicted molar refractivity (Wildman–Crippen MR) is 43.5 cm³/mol. The van der Waals surface area contributed by atoms with Gasteiger partial charge in [0, 0.05) is 12.7 Å². The summed E-state index contributed by atoms with van der Waals surface area (Å²) >= 11 is 0. The molecule has 4 nitrogen and oxygen atoms in total. The van der Waals surface area contributed by atoms with Crippen LogP contribution < -0.4 is 5.73 Å². The van der Waals surface area contributed by atoms with Crippen LogP contribution in [0, 0.1) is 11.3 Å². The Hall–Kier alpha value is -1.74. The fraction of sp³-hybridized carbons (Fsp3) is 0.250. The number of alkyl halides is 2. The minimum Gasteiger partial charge on any atom is -0.505 e. The summed E-state index contributed by atoms with van der Waals surface area (Å²) in [7, 11) is 0. The quantitative estimate of drug-likeness (QED) is 0.745. The van der Waals surface area contributed by atoms with Crippen LogP contribution in [0.25, 0.3) is 0 Å². The van der Waals surface area contributed by atoms with E-state index in [0.717, 1.165) is 6.20 Å². The van der Waals surface area contributed by atoms with Crippen molar-refractivity contribution in [1.82, 2.24) is 4.98 Å². The number of aromatic nitrogens is 1. The fourth-order valence-electron chi connectivity index (χ4n) is 1.02. The van der Waals surface area contributed by atoms with Gasteiger partial charge in [0.1, 0.15) is 11.8 Å². The number of nitrogens with two attached hydrogens (primary N) is 1. The average molecular weight is 199 g/mol. The number of hydrogen-bond donors (Lipinski definition) is 2. The van der Waals surface area contributed by atoms with Crippen LogP contribution in [0.1, 0.15) is 23.2 Å². The maximum atomic E-state index is 12.4. The number of nitrogens with zero attached hydrogens (tertiary/aromatic N) is 2. The molecule has 14 heavy (non-hydrogen) atoms. The molecule has 0 saturated carbocycles. The van der Waals surface area contributed by atoms with Gasteiger partial charge in [-0.25, -0.2) is 8.78 Å². The third-order valence-corrected chi connectivity index (χ3v) is 1.70. The number of hydrogen-bond acceptors (Lipinski definition) is 4. The van der Waals surface area contributed by atoms with E-state index in [2.05, 4.69) is 4.98 Å². The number of halogens is 2. The minimum atomic E-state index is -2.92. The molecule has 0 aliphatic rings. The topological polar surface area (TPSA) is 82.9 Å². The average Bonchev–Trinajstić information content (AvgIpc) is 2.16. The van der Waals surface area contributed by atoms with Crippen molar-refractivity contribution in [2.75, 3.05) is 0 Å². The number of nitriles is 1. The molecular weight excluding hydrogens is 192 g/mol. The molecule has 0 saturated heterocycles. The summed E-state index contributed by atoms with van der Waals surface area (Å²) in [4.78, 5) is 3.58. The SMILES string of the molecule is N#Cc1cnc(CN)c(O)c1C(F)F. The zero-order chi connectivity index (χ0) is 10.7. The summed E-state index contributed by atoms with van der Waals surface area (Å²) < 4.78 is 24.8. The number of rotatable bonds is 2. The van der Waals surface area contributed by atoms with Crippen LogP contribution in [0.5, 0.6) is 5.75 Å². The maximum Gasteiger partial charge on any atom is 0.268 e. The van der Waals surface area contributed by atoms with E-state index in [9.17, 15) is 13.9 Å². The predicted octanol–water partition coefficient (Wildman–Crippen LogP) is 1.06. The largest absolute Gasteiger partial charge is 0.505 e. The molecule has 0 radical (unpaired) electrons. The molecule has 0 fully saturated rings. The molecule has 0 amide bonds. The monoisotopic (exact) mass is 199 g/mol. The van der Waals surface area contributed by atoms with E-state index in [1.165, 1.54) is 6.07 Å². The summed E-state index contributed by atoms with van der Waals surface area (Å²) in [6, 6.07) is 1.53. The first-order valence-electron chi connectivity index (χ1n) is 3.70. The first-order chi connectivity index (χ1) is 6.61. The highest BCUT2D eigenvalue weighted by molar-refractivity contribution is 5.47. The highest BCUT2D eigenvalue weighted by atomic mass is 19.3. The molecular formula is C8H7F2N3O. The van der Waals surface area contributed by atoms with Gasteiger partial charge in [0.15, 0.2) is 0 Å².